The first-order chi connectivity index (χ1) is 14.0. The molecule has 2 amide bonds. The number of primary amides is 1. The van der Waals surface area contributed by atoms with E-state index in [4.69, 9.17) is 5.73 Å². The summed E-state index contributed by atoms with van der Waals surface area (Å²) in [6.07, 6.45) is 4.16. The van der Waals surface area contributed by atoms with Gasteiger partial charge in [-0.25, -0.2) is 10.2 Å². The van der Waals surface area contributed by atoms with Gasteiger partial charge in [0.1, 0.15) is 0 Å². The maximum absolute atomic E-state index is 11.2. The van der Waals surface area contributed by atoms with E-state index in [2.05, 4.69) is 22.5 Å². The van der Waals surface area contributed by atoms with Crippen molar-refractivity contribution >= 4 is 11.7 Å². The van der Waals surface area contributed by atoms with Gasteiger partial charge >= 0.3 is 6.03 Å². The molecule has 29 heavy (non-hydrogen) atoms. The van der Waals surface area contributed by atoms with Crippen molar-refractivity contribution in [2.24, 2.45) is 10.8 Å². The Morgan fingerprint density at radius 2 is 1.76 bits per heavy atom. The van der Waals surface area contributed by atoms with Crippen LogP contribution in [0.25, 0.3) is 0 Å². The van der Waals surface area contributed by atoms with Crippen LogP contribution in [0, 0.1) is 0 Å². The average Bonchev–Trinajstić information content (AvgIpc) is 2.74. The van der Waals surface area contributed by atoms with Gasteiger partial charge in [0, 0.05) is 18.5 Å². The van der Waals surface area contributed by atoms with Crippen molar-refractivity contribution in [1.29, 1.82) is 0 Å². The summed E-state index contributed by atoms with van der Waals surface area (Å²) < 4.78 is 0. The topological polar surface area (TPSA) is 91.0 Å². The zero-order chi connectivity index (χ0) is 20.6. The highest BCUT2D eigenvalue weighted by Gasteiger charge is 2.30. The van der Waals surface area contributed by atoms with Gasteiger partial charge < -0.3 is 10.8 Å². The van der Waals surface area contributed by atoms with Crippen LogP contribution >= 0.6 is 0 Å². The first-order valence-corrected chi connectivity index (χ1v) is 10.2. The molecule has 1 saturated heterocycles. The Labute approximate surface area is 172 Å². The highest BCUT2D eigenvalue weighted by Crippen LogP contribution is 2.30. The number of carbonyl (C=O) groups excluding carboxylic acids is 1. The smallest absolute Gasteiger partial charge is 0.332 e. The van der Waals surface area contributed by atoms with Gasteiger partial charge in [0.15, 0.2) is 0 Å². The minimum absolute atomic E-state index is 0.283. The number of likely N-dealkylation sites (tertiary alicyclic amines) is 1. The molecule has 1 aliphatic heterocycles. The maximum atomic E-state index is 11.2. The van der Waals surface area contributed by atoms with Crippen LogP contribution in [0.5, 0.6) is 0 Å². The molecule has 0 aromatic heterocycles. The summed E-state index contributed by atoms with van der Waals surface area (Å²) in [5.41, 5.74) is 10.3. The number of hydrogen-bond donors (Lipinski definition) is 3. The van der Waals surface area contributed by atoms with E-state index in [9.17, 15) is 9.90 Å². The molecule has 1 heterocycles. The van der Waals surface area contributed by atoms with Crippen molar-refractivity contribution in [2.45, 2.75) is 50.3 Å². The van der Waals surface area contributed by atoms with Crippen LogP contribution in [-0.4, -0.2) is 40.9 Å². The summed E-state index contributed by atoms with van der Waals surface area (Å²) in [5, 5.41) is 14.9. The SMILES string of the molecule is CN1[C@@H](C/C(=N/NC(N)=O)c2ccccc2)CCC[C@H]1C[C@@H](O)c1ccccc1. The number of nitrogens with one attached hydrogen (secondary N) is 1. The predicted octanol–water partition coefficient (Wildman–Crippen LogP) is 3.43. The number of hydrazone groups is 1. The van der Waals surface area contributed by atoms with Crippen molar-refractivity contribution in [3.05, 3.63) is 71.8 Å². The first kappa shape index (κ1) is 21.0. The van der Waals surface area contributed by atoms with Crippen molar-refractivity contribution in [3.8, 4) is 0 Å². The zero-order valence-corrected chi connectivity index (χ0v) is 16.9. The fourth-order valence-electron chi connectivity index (χ4n) is 4.10. The van der Waals surface area contributed by atoms with E-state index in [1.165, 1.54) is 0 Å². The van der Waals surface area contributed by atoms with E-state index >= 15 is 0 Å². The van der Waals surface area contributed by atoms with E-state index in [1.54, 1.807) is 0 Å². The highest BCUT2D eigenvalue weighted by molar-refractivity contribution is 6.01. The number of hydrogen-bond acceptors (Lipinski definition) is 4. The van der Waals surface area contributed by atoms with Crippen LogP contribution in [0.4, 0.5) is 4.79 Å². The molecule has 0 bridgehead atoms. The molecule has 3 rings (SSSR count). The van der Waals surface area contributed by atoms with E-state index in [0.29, 0.717) is 18.9 Å². The van der Waals surface area contributed by atoms with Gasteiger partial charge in [-0.1, -0.05) is 67.1 Å². The van der Waals surface area contributed by atoms with E-state index in [-0.39, 0.29) is 6.04 Å². The number of nitrogens with two attached hydrogens (primary N) is 1. The van der Waals surface area contributed by atoms with Crippen LogP contribution in [0.15, 0.2) is 65.8 Å². The summed E-state index contributed by atoms with van der Waals surface area (Å²) in [6, 6.07) is 19.6. The monoisotopic (exact) mass is 394 g/mol. The van der Waals surface area contributed by atoms with Crippen LogP contribution in [0.2, 0.25) is 0 Å². The number of amides is 2. The highest BCUT2D eigenvalue weighted by atomic mass is 16.3. The number of piperidine rings is 1. The van der Waals surface area contributed by atoms with Crippen LogP contribution in [0.1, 0.15) is 49.3 Å². The van der Waals surface area contributed by atoms with Gasteiger partial charge in [-0.05, 0) is 37.4 Å². The number of rotatable bonds is 7. The third-order valence-electron chi connectivity index (χ3n) is 5.74. The Balaban J connectivity index is 1.70. The summed E-state index contributed by atoms with van der Waals surface area (Å²) >= 11 is 0. The second-order valence-corrected chi connectivity index (χ2v) is 7.67. The van der Waals surface area contributed by atoms with Crippen LogP contribution < -0.4 is 11.2 Å². The van der Waals surface area contributed by atoms with Gasteiger partial charge in [0.05, 0.1) is 11.8 Å². The Morgan fingerprint density at radius 1 is 1.14 bits per heavy atom. The second-order valence-electron chi connectivity index (χ2n) is 7.67. The molecule has 6 heteroatoms. The summed E-state index contributed by atoms with van der Waals surface area (Å²) in [7, 11) is 2.12. The molecule has 2 aromatic rings. The van der Waals surface area contributed by atoms with Crippen molar-refractivity contribution < 1.29 is 9.90 Å². The molecule has 2 aromatic carbocycles. The third-order valence-corrected chi connectivity index (χ3v) is 5.74. The molecule has 0 radical (unpaired) electrons. The minimum Gasteiger partial charge on any atom is -0.388 e. The Hall–Kier alpha value is -2.70. The van der Waals surface area contributed by atoms with Crippen molar-refractivity contribution in [1.82, 2.24) is 10.3 Å². The molecule has 0 spiro atoms. The summed E-state index contributed by atoms with van der Waals surface area (Å²) in [6.45, 7) is 0. The van der Waals surface area contributed by atoms with Crippen LogP contribution in [0.3, 0.4) is 0 Å². The molecule has 0 saturated carbocycles. The molecular formula is C23H30N4O2. The number of aliphatic hydroxyl groups is 1. The van der Waals surface area contributed by atoms with Gasteiger partial charge in [-0.15, -0.1) is 0 Å². The second kappa shape index (κ2) is 10.2. The minimum atomic E-state index is -0.667. The average molecular weight is 395 g/mol. The fraction of sp³-hybridized carbons (Fsp3) is 0.391. The predicted molar refractivity (Wildman–Crippen MR) is 116 cm³/mol. The molecule has 154 valence electrons. The molecule has 6 nitrogen and oxygen atoms in total. The number of aliphatic hydroxyl groups excluding tert-OH is 1. The Bertz CT molecular complexity index is 810. The van der Waals surface area contributed by atoms with E-state index < -0.39 is 12.1 Å². The Morgan fingerprint density at radius 3 is 2.41 bits per heavy atom. The summed E-state index contributed by atoms with van der Waals surface area (Å²) in [5.74, 6) is 0. The van der Waals surface area contributed by atoms with Gasteiger partial charge in [-0.3, -0.25) is 4.90 Å². The molecule has 3 atom stereocenters. The van der Waals surface area contributed by atoms with Crippen molar-refractivity contribution in [2.75, 3.05) is 7.05 Å². The van der Waals surface area contributed by atoms with Crippen molar-refractivity contribution in [3.63, 3.8) is 0 Å². The maximum Gasteiger partial charge on any atom is 0.332 e. The number of carbonyl (C=O) groups is 1. The standard InChI is InChI=1S/C23H30N4O2/c1-27-19(15-21(25-26-23(24)29)17-9-4-2-5-10-17)13-8-14-20(27)16-22(28)18-11-6-3-7-12-18/h2-7,9-12,19-20,22,28H,8,13-16H2,1H3,(H3,24,26,29)/b25-21-/t19-,20+,22-/m1/s1. The lowest BCUT2D eigenvalue weighted by molar-refractivity contribution is 0.0638. The molecule has 0 unspecified atom stereocenters. The quantitative estimate of drug-likeness (QED) is 0.496. The van der Waals surface area contributed by atoms with Gasteiger partial charge in [-0.2, -0.15) is 5.10 Å². The largest absolute Gasteiger partial charge is 0.388 e. The van der Waals surface area contributed by atoms with Gasteiger partial charge in [0.25, 0.3) is 0 Å². The number of benzene rings is 2. The molecule has 0 aliphatic carbocycles. The molecular weight excluding hydrogens is 364 g/mol. The Kier molecular flexibility index (Phi) is 7.38. The molecule has 4 N–H and O–H groups in total. The molecule has 1 fully saturated rings. The van der Waals surface area contributed by atoms with Crippen LogP contribution in [-0.2, 0) is 0 Å². The number of nitrogens with zero attached hydrogens (tertiary/aromatic N) is 2. The number of urea groups is 1. The lowest BCUT2D eigenvalue weighted by Crippen LogP contribution is -2.45. The van der Waals surface area contributed by atoms with E-state index in [1.807, 2.05) is 60.7 Å². The third kappa shape index (κ3) is 5.89. The van der Waals surface area contributed by atoms with E-state index in [0.717, 1.165) is 36.1 Å². The first-order valence-electron chi connectivity index (χ1n) is 10.2. The zero-order valence-electron chi connectivity index (χ0n) is 16.9. The van der Waals surface area contributed by atoms with Gasteiger partial charge in [0.2, 0.25) is 0 Å². The summed E-state index contributed by atoms with van der Waals surface area (Å²) in [4.78, 5) is 13.5. The molecule has 1 aliphatic rings. The lowest BCUT2D eigenvalue weighted by Gasteiger charge is -2.40. The lowest BCUT2D eigenvalue weighted by atomic mass is 9.88. The normalized spacial score (nSPS) is 21.5. The fourth-order valence-corrected chi connectivity index (χ4v) is 4.10.